The smallest absolute Gasteiger partial charge is 0.183 e. The SMILES string of the molecule is N=C(N)N.[I-].[I-].[I-].[Pb]. The maximum absolute atomic E-state index is 6.06. The molecular weight excluding hydrogens is 642 g/mol. The van der Waals surface area contributed by atoms with Gasteiger partial charge in [-0.2, -0.15) is 0 Å². The fraction of sp³-hybridized carbons (Fsp3) is 0. The molecular formula is CH5I3N3Pb-3. The minimum atomic E-state index is -0.333. The Hall–Kier alpha value is 2.38. The Balaban J connectivity index is -0.00000000750. The summed E-state index contributed by atoms with van der Waals surface area (Å²) < 4.78 is 0. The average molecular weight is 647 g/mol. The van der Waals surface area contributed by atoms with E-state index in [1.54, 1.807) is 0 Å². The van der Waals surface area contributed by atoms with E-state index in [2.05, 4.69) is 11.5 Å². The predicted octanol–water partition coefficient (Wildman–Crippen LogP) is -10.5. The summed E-state index contributed by atoms with van der Waals surface area (Å²) in [5, 5.41) is 6.06. The van der Waals surface area contributed by atoms with Crippen LogP contribution in [0.2, 0.25) is 0 Å². The predicted molar refractivity (Wildman–Crippen MR) is 21.9 cm³/mol. The van der Waals surface area contributed by atoms with Gasteiger partial charge in [0, 0.05) is 27.3 Å². The third kappa shape index (κ3) is 80.5. The third-order valence-corrected chi connectivity index (χ3v) is 0. The van der Waals surface area contributed by atoms with Crippen molar-refractivity contribution >= 4 is 33.3 Å². The van der Waals surface area contributed by atoms with Gasteiger partial charge in [0.25, 0.3) is 0 Å². The Labute approximate surface area is 120 Å². The second kappa shape index (κ2) is 22.8. The number of hydrogen-bond donors (Lipinski definition) is 3. The molecule has 4 radical (unpaired) electrons. The number of hydrogen-bond acceptors (Lipinski definition) is 1. The summed E-state index contributed by atoms with van der Waals surface area (Å²) in [5.41, 5.74) is 8.94. The first-order valence-electron chi connectivity index (χ1n) is 0.827. The van der Waals surface area contributed by atoms with Crippen molar-refractivity contribution in [2.24, 2.45) is 11.5 Å². The van der Waals surface area contributed by atoms with Crippen LogP contribution < -0.4 is 83.4 Å². The van der Waals surface area contributed by atoms with E-state index in [0.29, 0.717) is 0 Å². The minimum absolute atomic E-state index is 0. The summed E-state index contributed by atoms with van der Waals surface area (Å²) in [6.45, 7) is 0. The van der Waals surface area contributed by atoms with Crippen molar-refractivity contribution in [3.8, 4) is 0 Å². The molecule has 0 unspecified atom stereocenters. The Morgan fingerprint density at radius 2 is 1.00 bits per heavy atom. The largest absolute Gasteiger partial charge is 1.00 e. The van der Waals surface area contributed by atoms with Crippen molar-refractivity contribution in [1.82, 2.24) is 0 Å². The molecule has 5 N–H and O–H groups in total. The standard InChI is InChI=1S/CH5N3.3HI.Pb/c2-1(3)4;;;;/h(H5,2,3,4);3*1H;/p-3. The molecule has 0 heterocycles. The van der Waals surface area contributed by atoms with Gasteiger partial charge in [0.15, 0.2) is 5.96 Å². The molecule has 0 spiro atoms. The van der Waals surface area contributed by atoms with Crippen LogP contribution in [0.3, 0.4) is 0 Å². The Bertz CT molecular complexity index is 37.5. The van der Waals surface area contributed by atoms with Crippen LogP contribution in [-0.2, 0) is 0 Å². The van der Waals surface area contributed by atoms with Crippen molar-refractivity contribution < 1.29 is 71.9 Å². The number of nitrogens with two attached hydrogens (primary N) is 2. The molecule has 0 aromatic carbocycles. The van der Waals surface area contributed by atoms with Crippen LogP contribution in [-0.4, -0.2) is 33.3 Å². The fourth-order valence-corrected chi connectivity index (χ4v) is 0. The van der Waals surface area contributed by atoms with Gasteiger partial charge >= 0.3 is 0 Å². The molecule has 0 aliphatic heterocycles. The van der Waals surface area contributed by atoms with Crippen molar-refractivity contribution in [3.63, 3.8) is 0 Å². The summed E-state index contributed by atoms with van der Waals surface area (Å²) in [5.74, 6) is -0.333. The van der Waals surface area contributed by atoms with Crippen molar-refractivity contribution in [2.45, 2.75) is 0 Å². The molecule has 0 aromatic rings. The van der Waals surface area contributed by atoms with Gasteiger partial charge in [-0.3, -0.25) is 5.41 Å². The molecule has 0 amide bonds. The quantitative estimate of drug-likeness (QED) is 0.106. The molecule has 0 bridgehead atoms. The summed E-state index contributed by atoms with van der Waals surface area (Å²) in [7, 11) is 0. The van der Waals surface area contributed by atoms with E-state index in [4.69, 9.17) is 5.41 Å². The summed E-state index contributed by atoms with van der Waals surface area (Å²) >= 11 is 0. The molecule has 0 fully saturated rings. The van der Waals surface area contributed by atoms with Crippen molar-refractivity contribution in [2.75, 3.05) is 0 Å². The van der Waals surface area contributed by atoms with Gasteiger partial charge in [-0.25, -0.2) is 0 Å². The van der Waals surface area contributed by atoms with E-state index >= 15 is 0 Å². The van der Waals surface area contributed by atoms with Gasteiger partial charge in [-0.1, -0.05) is 0 Å². The molecule has 0 saturated carbocycles. The third-order valence-electron chi connectivity index (χ3n) is 0. The summed E-state index contributed by atoms with van der Waals surface area (Å²) in [6, 6.07) is 0. The number of nitrogens with one attached hydrogen (secondary N) is 1. The zero-order valence-corrected chi connectivity index (χ0v) is 14.1. The first kappa shape index (κ1) is 31.5. The van der Waals surface area contributed by atoms with Crippen molar-refractivity contribution in [3.05, 3.63) is 0 Å². The normalized spacial score (nSPS) is 3.00. The molecule has 8 heavy (non-hydrogen) atoms. The number of guanidine groups is 1. The zero-order valence-electron chi connectivity index (χ0n) is 3.79. The second-order valence-corrected chi connectivity index (χ2v) is 0.455. The summed E-state index contributed by atoms with van der Waals surface area (Å²) in [6.07, 6.45) is 0. The Kier molecular flexibility index (Phi) is 89.7. The van der Waals surface area contributed by atoms with Crippen LogP contribution in [0.15, 0.2) is 0 Å². The first-order valence-corrected chi connectivity index (χ1v) is 0.827. The molecule has 52 valence electrons. The van der Waals surface area contributed by atoms with E-state index in [1.165, 1.54) is 0 Å². The van der Waals surface area contributed by atoms with Gasteiger partial charge in [0.05, 0.1) is 0 Å². The maximum Gasteiger partial charge on any atom is 0.183 e. The maximum atomic E-state index is 6.06. The van der Waals surface area contributed by atoms with E-state index < -0.39 is 0 Å². The molecule has 0 aliphatic carbocycles. The van der Waals surface area contributed by atoms with E-state index in [0.717, 1.165) is 0 Å². The first-order chi connectivity index (χ1) is 1.73. The van der Waals surface area contributed by atoms with E-state index in [1.807, 2.05) is 0 Å². The topological polar surface area (TPSA) is 75.9 Å². The Morgan fingerprint density at radius 1 is 1.00 bits per heavy atom. The second-order valence-electron chi connectivity index (χ2n) is 0.455. The van der Waals surface area contributed by atoms with Gasteiger partial charge in [0.2, 0.25) is 0 Å². The average Bonchev–Trinajstić information content (AvgIpc) is 0.811. The fourth-order valence-electron chi connectivity index (χ4n) is 0. The van der Waals surface area contributed by atoms with Gasteiger partial charge in [-0.15, -0.1) is 0 Å². The molecule has 7 heteroatoms. The molecule has 0 saturated heterocycles. The summed E-state index contributed by atoms with van der Waals surface area (Å²) in [4.78, 5) is 0. The van der Waals surface area contributed by atoms with Crippen LogP contribution in [0.4, 0.5) is 0 Å². The van der Waals surface area contributed by atoms with Crippen LogP contribution >= 0.6 is 0 Å². The number of rotatable bonds is 0. The van der Waals surface area contributed by atoms with Gasteiger partial charge in [-0.05, 0) is 0 Å². The van der Waals surface area contributed by atoms with E-state index in [-0.39, 0.29) is 105 Å². The minimum Gasteiger partial charge on any atom is -1.00 e. The Morgan fingerprint density at radius 3 is 1.00 bits per heavy atom. The molecule has 0 atom stereocenters. The van der Waals surface area contributed by atoms with Crippen molar-refractivity contribution in [1.29, 1.82) is 5.41 Å². The van der Waals surface area contributed by atoms with E-state index in [9.17, 15) is 0 Å². The van der Waals surface area contributed by atoms with Gasteiger partial charge < -0.3 is 83.4 Å². The van der Waals surface area contributed by atoms with Crippen LogP contribution in [0.5, 0.6) is 0 Å². The number of halogens is 3. The zero-order chi connectivity index (χ0) is 3.58. The van der Waals surface area contributed by atoms with Gasteiger partial charge in [0.1, 0.15) is 0 Å². The molecule has 0 aromatic heterocycles. The van der Waals surface area contributed by atoms with Crippen LogP contribution in [0.1, 0.15) is 0 Å². The van der Waals surface area contributed by atoms with Crippen LogP contribution in [0.25, 0.3) is 0 Å². The molecule has 3 nitrogen and oxygen atoms in total. The molecule has 0 aliphatic rings. The monoisotopic (exact) mass is 648 g/mol. The molecule has 0 rings (SSSR count). The van der Waals surface area contributed by atoms with Crippen LogP contribution in [0, 0.1) is 5.41 Å².